The van der Waals surface area contributed by atoms with Crippen LogP contribution in [-0.2, 0) is 0 Å². The molecule has 1 heterocycles. The van der Waals surface area contributed by atoms with E-state index >= 15 is 0 Å². The number of hydrogen-bond donors (Lipinski definition) is 1. The van der Waals surface area contributed by atoms with Gasteiger partial charge in [-0.05, 0) is 30.3 Å². The standard InChI is InChI=1S/C17H12N4O4/c1-25-12-3-4-13(17(22)9-12)14-6-7-19-20(14)15-5-2-11(10-18)8-16(15)21(23)24/h2-9,22H,1H3. The molecule has 0 aliphatic rings. The van der Waals surface area contributed by atoms with Gasteiger partial charge in [-0.25, -0.2) is 4.68 Å². The first-order valence-corrected chi connectivity index (χ1v) is 7.15. The van der Waals surface area contributed by atoms with Crippen molar-refractivity contribution in [3.8, 4) is 34.5 Å². The lowest BCUT2D eigenvalue weighted by Gasteiger charge is -2.10. The molecule has 0 spiro atoms. The van der Waals surface area contributed by atoms with E-state index < -0.39 is 4.92 Å². The fourth-order valence-electron chi connectivity index (χ4n) is 2.47. The number of phenolic OH excluding ortho intramolecular Hbond substituents is 1. The number of nitro benzene ring substituents is 1. The van der Waals surface area contributed by atoms with Crippen molar-refractivity contribution in [1.82, 2.24) is 9.78 Å². The van der Waals surface area contributed by atoms with Gasteiger partial charge in [-0.2, -0.15) is 10.4 Å². The largest absolute Gasteiger partial charge is 0.507 e. The zero-order valence-corrected chi connectivity index (χ0v) is 13.1. The van der Waals surface area contributed by atoms with Gasteiger partial charge in [0.05, 0.1) is 35.6 Å². The highest BCUT2D eigenvalue weighted by Crippen LogP contribution is 2.35. The predicted molar refractivity (Wildman–Crippen MR) is 88.6 cm³/mol. The average molecular weight is 336 g/mol. The summed E-state index contributed by atoms with van der Waals surface area (Å²) in [4.78, 5) is 10.8. The van der Waals surface area contributed by atoms with Crippen molar-refractivity contribution in [2.75, 3.05) is 7.11 Å². The van der Waals surface area contributed by atoms with Gasteiger partial charge in [0, 0.05) is 17.7 Å². The Kier molecular flexibility index (Phi) is 4.05. The minimum atomic E-state index is -0.574. The molecule has 3 rings (SSSR count). The van der Waals surface area contributed by atoms with E-state index in [1.807, 2.05) is 6.07 Å². The van der Waals surface area contributed by atoms with Crippen molar-refractivity contribution in [1.29, 1.82) is 5.26 Å². The van der Waals surface area contributed by atoms with Crippen molar-refractivity contribution < 1.29 is 14.8 Å². The minimum absolute atomic E-state index is 0.0441. The number of benzene rings is 2. The van der Waals surface area contributed by atoms with Gasteiger partial charge in [0.15, 0.2) is 0 Å². The molecular weight excluding hydrogens is 324 g/mol. The molecule has 0 amide bonds. The molecule has 3 aromatic rings. The van der Waals surface area contributed by atoms with Crippen LogP contribution in [0.1, 0.15) is 5.56 Å². The Balaban J connectivity index is 2.18. The Hall–Kier alpha value is -3.86. The monoisotopic (exact) mass is 336 g/mol. The van der Waals surface area contributed by atoms with Crippen LogP contribution >= 0.6 is 0 Å². The summed E-state index contributed by atoms with van der Waals surface area (Å²) in [6.45, 7) is 0. The molecule has 0 aliphatic heterocycles. The van der Waals surface area contributed by atoms with Crippen LogP contribution in [0.3, 0.4) is 0 Å². The first kappa shape index (κ1) is 16.0. The zero-order chi connectivity index (χ0) is 18.0. The van der Waals surface area contributed by atoms with Crippen LogP contribution in [0, 0.1) is 21.4 Å². The molecule has 0 bridgehead atoms. The summed E-state index contributed by atoms with van der Waals surface area (Å²) in [5.74, 6) is 0.439. The van der Waals surface area contributed by atoms with Gasteiger partial charge in [0.2, 0.25) is 0 Å². The van der Waals surface area contributed by atoms with Crippen molar-refractivity contribution >= 4 is 5.69 Å². The topological polar surface area (TPSA) is 114 Å². The zero-order valence-electron chi connectivity index (χ0n) is 13.1. The highest BCUT2D eigenvalue weighted by Gasteiger charge is 2.20. The summed E-state index contributed by atoms with van der Waals surface area (Å²) in [6.07, 6.45) is 1.47. The van der Waals surface area contributed by atoms with Gasteiger partial charge in [-0.1, -0.05) is 0 Å². The molecule has 0 fully saturated rings. The molecule has 0 aliphatic carbocycles. The summed E-state index contributed by atoms with van der Waals surface area (Å²) in [6, 6.07) is 12.4. The van der Waals surface area contributed by atoms with Crippen molar-refractivity contribution in [3.63, 3.8) is 0 Å². The summed E-state index contributed by atoms with van der Waals surface area (Å²) in [7, 11) is 1.48. The van der Waals surface area contributed by atoms with Gasteiger partial charge in [-0.15, -0.1) is 0 Å². The molecule has 8 nitrogen and oxygen atoms in total. The quantitative estimate of drug-likeness (QED) is 0.578. The summed E-state index contributed by atoms with van der Waals surface area (Å²) >= 11 is 0. The molecule has 2 aromatic carbocycles. The van der Waals surface area contributed by atoms with Crippen LogP contribution in [0.25, 0.3) is 16.9 Å². The first-order chi connectivity index (χ1) is 12.0. The number of hydrogen-bond acceptors (Lipinski definition) is 6. The van der Waals surface area contributed by atoms with Gasteiger partial charge in [0.25, 0.3) is 5.69 Å². The molecule has 0 saturated carbocycles. The van der Waals surface area contributed by atoms with Crippen molar-refractivity contribution in [2.45, 2.75) is 0 Å². The summed E-state index contributed by atoms with van der Waals surface area (Å²) in [5.41, 5.74) is 1.03. The van der Waals surface area contributed by atoms with E-state index in [4.69, 9.17) is 10.00 Å². The predicted octanol–water partition coefficient (Wildman–Crippen LogP) is 3.03. The SMILES string of the molecule is COc1ccc(-c2ccnn2-c2ccc(C#N)cc2[N+](=O)[O-])c(O)c1. The third kappa shape index (κ3) is 2.86. The Labute approximate surface area is 142 Å². The van der Waals surface area contributed by atoms with Crippen LogP contribution in [0.4, 0.5) is 5.69 Å². The molecular formula is C17H12N4O4. The van der Waals surface area contributed by atoms with Crippen molar-refractivity contribution in [3.05, 3.63) is 64.3 Å². The van der Waals surface area contributed by atoms with Crippen molar-refractivity contribution in [2.24, 2.45) is 0 Å². The van der Waals surface area contributed by atoms with E-state index in [0.29, 0.717) is 17.0 Å². The molecule has 0 saturated heterocycles. The van der Waals surface area contributed by atoms with Gasteiger partial charge in [0.1, 0.15) is 17.2 Å². The third-order valence-electron chi connectivity index (χ3n) is 3.65. The molecule has 124 valence electrons. The van der Waals surface area contributed by atoms with E-state index in [9.17, 15) is 15.2 Å². The van der Waals surface area contributed by atoms with E-state index in [1.54, 1.807) is 18.2 Å². The Morgan fingerprint density at radius 1 is 1.28 bits per heavy atom. The maximum absolute atomic E-state index is 11.4. The Morgan fingerprint density at radius 3 is 2.72 bits per heavy atom. The van der Waals surface area contributed by atoms with Crippen LogP contribution in [-0.4, -0.2) is 26.9 Å². The maximum Gasteiger partial charge on any atom is 0.296 e. The smallest absolute Gasteiger partial charge is 0.296 e. The molecule has 0 unspecified atom stereocenters. The van der Waals surface area contributed by atoms with Gasteiger partial charge in [-0.3, -0.25) is 10.1 Å². The summed E-state index contributed by atoms with van der Waals surface area (Å²) < 4.78 is 6.40. The van der Waals surface area contributed by atoms with E-state index in [2.05, 4.69) is 5.10 Å². The molecule has 8 heteroatoms. The average Bonchev–Trinajstić information content (AvgIpc) is 3.10. The normalized spacial score (nSPS) is 10.2. The number of nitro groups is 1. The third-order valence-corrected chi connectivity index (χ3v) is 3.65. The van der Waals surface area contributed by atoms with Crippen LogP contribution in [0.15, 0.2) is 48.7 Å². The Bertz CT molecular complexity index is 1000. The van der Waals surface area contributed by atoms with Gasteiger partial charge < -0.3 is 9.84 Å². The van der Waals surface area contributed by atoms with Crippen LogP contribution in [0.2, 0.25) is 0 Å². The number of aromatic hydroxyl groups is 1. The van der Waals surface area contributed by atoms with E-state index in [0.717, 1.165) is 0 Å². The number of ether oxygens (including phenoxy) is 1. The van der Waals surface area contributed by atoms with Gasteiger partial charge >= 0.3 is 0 Å². The molecule has 0 atom stereocenters. The molecule has 1 N–H and O–H groups in total. The minimum Gasteiger partial charge on any atom is -0.507 e. The van der Waals surface area contributed by atoms with Crippen LogP contribution in [0.5, 0.6) is 11.5 Å². The Morgan fingerprint density at radius 2 is 2.08 bits per heavy atom. The molecule has 1 aromatic heterocycles. The fraction of sp³-hybridized carbons (Fsp3) is 0.0588. The second kappa shape index (κ2) is 6.33. The number of nitriles is 1. The molecule has 25 heavy (non-hydrogen) atoms. The highest BCUT2D eigenvalue weighted by atomic mass is 16.6. The fourth-order valence-corrected chi connectivity index (χ4v) is 2.47. The highest BCUT2D eigenvalue weighted by molar-refractivity contribution is 5.71. The lowest BCUT2D eigenvalue weighted by atomic mass is 10.1. The maximum atomic E-state index is 11.4. The number of rotatable bonds is 4. The lowest BCUT2D eigenvalue weighted by Crippen LogP contribution is -2.04. The second-order valence-electron chi connectivity index (χ2n) is 5.08. The van der Waals surface area contributed by atoms with E-state index in [-0.39, 0.29) is 22.7 Å². The first-order valence-electron chi connectivity index (χ1n) is 7.15. The number of methoxy groups -OCH3 is 1. The molecule has 0 radical (unpaired) electrons. The number of phenols is 1. The van der Waals surface area contributed by atoms with E-state index in [1.165, 1.54) is 42.3 Å². The number of aromatic nitrogens is 2. The summed E-state index contributed by atoms with van der Waals surface area (Å²) in [5, 5.41) is 34.7. The van der Waals surface area contributed by atoms with Crippen LogP contribution < -0.4 is 4.74 Å². The number of nitrogens with zero attached hydrogens (tertiary/aromatic N) is 4. The second-order valence-corrected chi connectivity index (χ2v) is 5.08. The lowest BCUT2D eigenvalue weighted by molar-refractivity contribution is -0.384.